The van der Waals surface area contributed by atoms with Crippen LogP contribution in [0.2, 0.25) is 10.0 Å². The molecule has 2 nitrogen and oxygen atoms in total. The molecule has 0 saturated heterocycles. The molecule has 2 aromatic carbocycles. The molecule has 154 valence electrons. The van der Waals surface area contributed by atoms with E-state index < -0.39 is 0 Å². The van der Waals surface area contributed by atoms with Crippen LogP contribution in [0, 0.1) is 13.8 Å². The number of rotatable bonds is 10. The Hall–Kier alpha value is -1.38. The van der Waals surface area contributed by atoms with Gasteiger partial charge in [-0.05, 0) is 79.1 Å². The smallest absolute Gasteiger partial charge is 0.125 e. The first kappa shape index (κ1) is 22.9. The van der Waals surface area contributed by atoms with Gasteiger partial charge in [0.05, 0.1) is 13.2 Å². The minimum absolute atomic E-state index is 0.414. The Labute approximate surface area is 180 Å². The van der Waals surface area contributed by atoms with Gasteiger partial charge in [0, 0.05) is 16.5 Å². The predicted octanol–water partition coefficient (Wildman–Crippen LogP) is 7.92. The molecule has 0 saturated carbocycles. The van der Waals surface area contributed by atoms with Gasteiger partial charge >= 0.3 is 0 Å². The van der Waals surface area contributed by atoms with Crippen LogP contribution < -0.4 is 9.47 Å². The lowest BCUT2D eigenvalue weighted by atomic mass is 9.95. The zero-order valence-corrected chi connectivity index (χ0v) is 19.2. The summed E-state index contributed by atoms with van der Waals surface area (Å²) in [5.74, 6) is 2.35. The highest BCUT2D eigenvalue weighted by Gasteiger charge is 2.14. The average Bonchev–Trinajstić information content (AvgIpc) is 2.63. The summed E-state index contributed by atoms with van der Waals surface area (Å²) in [6.07, 6.45) is 3.90. The van der Waals surface area contributed by atoms with Crippen LogP contribution in [0.1, 0.15) is 68.2 Å². The molecule has 0 radical (unpaired) electrons. The van der Waals surface area contributed by atoms with E-state index in [2.05, 4.69) is 27.7 Å². The number of halogens is 2. The fraction of sp³-hybridized carbons (Fsp3) is 0.500. The third-order valence-corrected chi connectivity index (χ3v) is 5.46. The van der Waals surface area contributed by atoms with Gasteiger partial charge in [0.15, 0.2) is 0 Å². The largest absolute Gasteiger partial charge is 0.493 e. The topological polar surface area (TPSA) is 18.5 Å². The van der Waals surface area contributed by atoms with Gasteiger partial charge in [-0.15, -0.1) is 0 Å². The number of aryl methyl sites for hydroxylation is 3. The summed E-state index contributed by atoms with van der Waals surface area (Å²) in [5, 5.41) is 1.54. The van der Waals surface area contributed by atoms with Crippen LogP contribution in [0.3, 0.4) is 0 Å². The van der Waals surface area contributed by atoms with Crippen molar-refractivity contribution in [2.75, 3.05) is 13.2 Å². The zero-order chi connectivity index (χ0) is 20.7. The van der Waals surface area contributed by atoms with E-state index in [1.165, 1.54) is 11.1 Å². The Balaban J connectivity index is 1.98. The van der Waals surface area contributed by atoms with E-state index in [0.29, 0.717) is 19.1 Å². The van der Waals surface area contributed by atoms with Crippen molar-refractivity contribution in [2.24, 2.45) is 0 Å². The zero-order valence-electron chi connectivity index (χ0n) is 17.7. The summed E-state index contributed by atoms with van der Waals surface area (Å²) in [6, 6.07) is 7.97. The summed E-state index contributed by atoms with van der Waals surface area (Å²) in [5.41, 5.74) is 4.54. The molecule has 0 spiro atoms. The molecule has 28 heavy (non-hydrogen) atoms. The molecule has 0 fully saturated rings. The molecule has 0 aromatic heterocycles. The van der Waals surface area contributed by atoms with Crippen LogP contribution in [0.5, 0.6) is 11.5 Å². The van der Waals surface area contributed by atoms with Crippen molar-refractivity contribution in [1.29, 1.82) is 0 Å². The molecular weight excluding hydrogens is 391 g/mol. The Kier molecular flexibility index (Phi) is 8.98. The molecule has 1 atom stereocenters. The summed E-state index contributed by atoms with van der Waals surface area (Å²) in [6.45, 7) is 11.9. The molecule has 0 amide bonds. The molecular formula is C24H32Cl2O2. The van der Waals surface area contributed by atoms with Crippen LogP contribution in [0.25, 0.3) is 0 Å². The highest BCUT2D eigenvalue weighted by Crippen LogP contribution is 2.35. The van der Waals surface area contributed by atoms with Crippen LogP contribution in [0.15, 0.2) is 24.3 Å². The van der Waals surface area contributed by atoms with Crippen molar-refractivity contribution in [3.63, 3.8) is 0 Å². The number of hydrogen-bond donors (Lipinski definition) is 0. The minimum atomic E-state index is 0.414. The van der Waals surface area contributed by atoms with E-state index >= 15 is 0 Å². The Morgan fingerprint density at radius 2 is 1.43 bits per heavy atom. The first-order valence-electron chi connectivity index (χ1n) is 10.2. The molecule has 1 unspecified atom stereocenters. The number of ether oxygens (including phenoxy) is 2. The fourth-order valence-electron chi connectivity index (χ4n) is 3.41. The van der Waals surface area contributed by atoms with Crippen LogP contribution in [0.4, 0.5) is 0 Å². The van der Waals surface area contributed by atoms with Crippen molar-refractivity contribution in [1.82, 2.24) is 0 Å². The Morgan fingerprint density at radius 3 is 2.04 bits per heavy atom. The van der Waals surface area contributed by atoms with Crippen molar-refractivity contribution in [3.8, 4) is 11.5 Å². The van der Waals surface area contributed by atoms with E-state index in [1.807, 2.05) is 31.2 Å². The van der Waals surface area contributed by atoms with Gasteiger partial charge in [0.25, 0.3) is 0 Å². The highest BCUT2D eigenvalue weighted by molar-refractivity contribution is 6.31. The van der Waals surface area contributed by atoms with Gasteiger partial charge in [-0.3, -0.25) is 0 Å². The van der Waals surface area contributed by atoms with E-state index in [4.69, 9.17) is 32.7 Å². The second-order valence-electron chi connectivity index (χ2n) is 7.46. The monoisotopic (exact) mass is 422 g/mol. The van der Waals surface area contributed by atoms with Crippen LogP contribution >= 0.6 is 23.2 Å². The first-order valence-corrected chi connectivity index (χ1v) is 11.0. The quantitative estimate of drug-likeness (QED) is 0.361. The van der Waals surface area contributed by atoms with E-state index in [1.54, 1.807) is 0 Å². The molecule has 0 aliphatic heterocycles. The summed E-state index contributed by atoms with van der Waals surface area (Å²) in [7, 11) is 0. The molecule has 0 N–H and O–H groups in total. The Bertz CT molecular complexity index is 787. The molecule has 0 heterocycles. The van der Waals surface area contributed by atoms with Crippen LogP contribution in [-0.2, 0) is 6.42 Å². The van der Waals surface area contributed by atoms with Crippen molar-refractivity contribution in [2.45, 2.75) is 66.2 Å². The highest BCUT2D eigenvalue weighted by atomic mass is 35.5. The fourth-order valence-corrected chi connectivity index (χ4v) is 3.98. The van der Waals surface area contributed by atoms with Gasteiger partial charge < -0.3 is 9.47 Å². The number of benzene rings is 2. The summed E-state index contributed by atoms with van der Waals surface area (Å²) < 4.78 is 12.3. The second kappa shape index (κ2) is 11.0. The van der Waals surface area contributed by atoms with Crippen molar-refractivity contribution < 1.29 is 9.47 Å². The van der Waals surface area contributed by atoms with Gasteiger partial charge in [-0.25, -0.2) is 0 Å². The average molecular weight is 423 g/mol. The summed E-state index contributed by atoms with van der Waals surface area (Å²) in [4.78, 5) is 0. The molecule has 2 aromatic rings. The lowest BCUT2D eigenvalue weighted by molar-refractivity contribution is 0.242. The van der Waals surface area contributed by atoms with E-state index in [9.17, 15) is 0 Å². The Morgan fingerprint density at radius 1 is 0.857 bits per heavy atom. The van der Waals surface area contributed by atoms with E-state index in [-0.39, 0.29) is 0 Å². The normalized spacial score (nSPS) is 12.1. The van der Waals surface area contributed by atoms with Gasteiger partial charge in [0.2, 0.25) is 0 Å². The molecule has 0 aliphatic carbocycles. The maximum absolute atomic E-state index is 6.26. The van der Waals surface area contributed by atoms with Crippen LogP contribution in [-0.4, -0.2) is 13.2 Å². The number of hydrogen-bond acceptors (Lipinski definition) is 2. The van der Waals surface area contributed by atoms with Gasteiger partial charge in [-0.1, -0.05) is 50.4 Å². The SMILES string of the molecule is CCCc1cc(Cl)cc(C)c1OCCCOc1c(C)cc(Cl)cc1C(C)CC. The maximum Gasteiger partial charge on any atom is 0.125 e. The molecule has 2 rings (SSSR count). The minimum Gasteiger partial charge on any atom is -0.493 e. The van der Waals surface area contributed by atoms with Gasteiger partial charge in [0.1, 0.15) is 11.5 Å². The lowest BCUT2D eigenvalue weighted by Gasteiger charge is -2.19. The summed E-state index contributed by atoms with van der Waals surface area (Å²) >= 11 is 12.5. The molecule has 0 bridgehead atoms. The maximum atomic E-state index is 6.26. The second-order valence-corrected chi connectivity index (χ2v) is 8.33. The lowest BCUT2D eigenvalue weighted by Crippen LogP contribution is -2.09. The van der Waals surface area contributed by atoms with Gasteiger partial charge in [-0.2, -0.15) is 0 Å². The third-order valence-electron chi connectivity index (χ3n) is 5.03. The first-order chi connectivity index (χ1) is 13.4. The third kappa shape index (κ3) is 6.06. The molecule has 0 aliphatic rings. The molecule has 4 heteroatoms. The predicted molar refractivity (Wildman–Crippen MR) is 121 cm³/mol. The van der Waals surface area contributed by atoms with E-state index in [0.717, 1.165) is 58.4 Å². The van der Waals surface area contributed by atoms with Crippen molar-refractivity contribution in [3.05, 3.63) is 56.6 Å². The van der Waals surface area contributed by atoms with Crippen molar-refractivity contribution >= 4 is 23.2 Å². The standard InChI is InChI=1S/C24H32Cl2O2/c1-6-9-19-14-20(25)12-17(4)23(19)27-10-8-11-28-24-18(5)13-21(26)15-22(24)16(3)7-2/h12-16H,6-11H2,1-5H3.